The van der Waals surface area contributed by atoms with E-state index in [2.05, 4.69) is 30.7 Å². The minimum Gasteiger partial charge on any atom is -0.309 e. The Bertz CT molecular complexity index is 1040. The fourth-order valence-electron chi connectivity index (χ4n) is 3.29. The number of aromatic nitrogens is 2. The first-order valence-electron chi connectivity index (χ1n) is 9.42. The van der Waals surface area contributed by atoms with Gasteiger partial charge in [-0.25, -0.2) is 4.98 Å². The molecule has 1 atom stereocenters. The van der Waals surface area contributed by atoms with Gasteiger partial charge in [0.1, 0.15) is 10.7 Å². The van der Waals surface area contributed by atoms with Gasteiger partial charge in [0.15, 0.2) is 0 Å². The summed E-state index contributed by atoms with van der Waals surface area (Å²) in [6.07, 6.45) is 2.01. The molecular weight excluding hydrogens is 413 g/mol. The van der Waals surface area contributed by atoms with Gasteiger partial charge in [-0.2, -0.15) is 0 Å². The number of nitrogens with zero attached hydrogens (tertiary/aromatic N) is 2. The summed E-state index contributed by atoms with van der Waals surface area (Å²) in [5.74, 6) is 1.22. The van der Waals surface area contributed by atoms with E-state index < -0.39 is 0 Å². The average molecular weight is 438 g/mol. The second-order valence-corrected chi connectivity index (χ2v) is 9.50. The number of nitrogens with one attached hydrogen (secondary N) is 1. The van der Waals surface area contributed by atoms with Crippen LogP contribution in [0.1, 0.15) is 42.1 Å². The number of hydrogen-bond acceptors (Lipinski definition) is 4. The summed E-state index contributed by atoms with van der Waals surface area (Å²) in [6, 6.07) is 5.49. The topological polar surface area (TPSA) is 49.0 Å². The van der Waals surface area contributed by atoms with Crippen molar-refractivity contribution in [3.63, 3.8) is 0 Å². The molecule has 4 nitrogen and oxygen atoms in total. The van der Waals surface area contributed by atoms with Crippen LogP contribution in [0.2, 0.25) is 10.0 Å². The molecule has 0 fully saturated rings. The number of hydrogen-bond donors (Lipinski definition) is 1. The van der Waals surface area contributed by atoms with E-state index in [4.69, 9.17) is 28.2 Å². The van der Waals surface area contributed by atoms with E-state index in [-0.39, 0.29) is 5.56 Å². The quantitative estimate of drug-likeness (QED) is 0.506. The number of rotatable bonds is 7. The van der Waals surface area contributed by atoms with Crippen molar-refractivity contribution in [3.05, 3.63) is 60.4 Å². The molecule has 0 aliphatic carbocycles. The molecule has 1 N–H and O–H groups in total. The van der Waals surface area contributed by atoms with Crippen molar-refractivity contribution in [3.8, 4) is 0 Å². The Morgan fingerprint density at radius 2 is 2.04 bits per heavy atom. The highest BCUT2D eigenvalue weighted by molar-refractivity contribution is 7.18. The van der Waals surface area contributed by atoms with E-state index in [9.17, 15) is 4.79 Å². The van der Waals surface area contributed by atoms with Crippen LogP contribution in [0.4, 0.5) is 0 Å². The molecular formula is C21H25Cl2N3OS. The van der Waals surface area contributed by atoms with E-state index in [0.29, 0.717) is 34.9 Å². The van der Waals surface area contributed by atoms with E-state index in [1.54, 1.807) is 17.4 Å². The van der Waals surface area contributed by atoms with Gasteiger partial charge in [0.25, 0.3) is 5.56 Å². The van der Waals surface area contributed by atoms with Crippen LogP contribution < -0.4 is 5.56 Å². The van der Waals surface area contributed by atoms with Gasteiger partial charge in [-0.15, -0.1) is 11.3 Å². The van der Waals surface area contributed by atoms with Crippen LogP contribution in [-0.4, -0.2) is 21.9 Å². The molecule has 28 heavy (non-hydrogen) atoms. The van der Waals surface area contributed by atoms with Crippen molar-refractivity contribution in [1.82, 2.24) is 14.9 Å². The fourth-order valence-corrected chi connectivity index (χ4v) is 4.83. The summed E-state index contributed by atoms with van der Waals surface area (Å²) < 4.78 is 0. The lowest BCUT2D eigenvalue weighted by atomic mass is 9.98. The molecule has 0 amide bonds. The molecule has 2 aromatic heterocycles. The molecule has 2 heterocycles. The molecule has 1 aromatic carbocycles. The third kappa shape index (κ3) is 4.77. The normalized spacial score (nSPS) is 12.8. The molecule has 0 saturated heterocycles. The van der Waals surface area contributed by atoms with Gasteiger partial charge in [0.05, 0.1) is 11.9 Å². The SMILES string of the molecule is CC[C@@H](C)Cc1c(C)sc2nc(CN(C)Cc3ccc(Cl)cc3Cl)[nH]c(=O)c12. The summed E-state index contributed by atoms with van der Waals surface area (Å²) in [4.78, 5) is 24.6. The van der Waals surface area contributed by atoms with Gasteiger partial charge in [-0.05, 0) is 49.6 Å². The maximum absolute atomic E-state index is 12.8. The Hall–Kier alpha value is -1.40. The minimum atomic E-state index is -0.0411. The van der Waals surface area contributed by atoms with Crippen LogP contribution in [0, 0.1) is 12.8 Å². The molecule has 0 aliphatic rings. The van der Waals surface area contributed by atoms with Crippen LogP contribution in [0.5, 0.6) is 0 Å². The molecule has 0 spiro atoms. The standard InChI is InChI=1S/C21H25Cl2N3OS/c1-5-12(2)8-16-13(3)28-21-19(16)20(27)24-18(25-21)11-26(4)10-14-6-7-15(22)9-17(14)23/h6-7,9,12H,5,8,10-11H2,1-4H3,(H,24,25,27)/t12-/m1/s1. The molecule has 0 saturated carbocycles. The van der Waals surface area contributed by atoms with Gasteiger partial charge >= 0.3 is 0 Å². The zero-order valence-electron chi connectivity index (χ0n) is 16.6. The summed E-state index contributed by atoms with van der Waals surface area (Å²) in [5, 5.41) is 2.02. The minimum absolute atomic E-state index is 0.0411. The van der Waals surface area contributed by atoms with Crippen LogP contribution in [0.15, 0.2) is 23.0 Å². The van der Waals surface area contributed by atoms with Crippen molar-refractivity contribution in [1.29, 1.82) is 0 Å². The summed E-state index contributed by atoms with van der Waals surface area (Å²) in [5.41, 5.74) is 2.09. The summed E-state index contributed by atoms with van der Waals surface area (Å²) >= 11 is 13.8. The number of halogens is 2. The smallest absolute Gasteiger partial charge is 0.259 e. The lowest BCUT2D eigenvalue weighted by Crippen LogP contribution is -2.22. The van der Waals surface area contributed by atoms with Crippen LogP contribution in [0.25, 0.3) is 10.2 Å². The number of benzene rings is 1. The number of thiophene rings is 1. The maximum Gasteiger partial charge on any atom is 0.259 e. The number of aryl methyl sites for hydroxylation is 1. The first kappa shape index (κ1) is 21.3. The van der Waals surface area contributed by atoms with Crippen molar-refractivity contribution in [2.24, 2.45) is 5.92 Å². The van der Waals surface area contributed by atoms with Crippen molar-refractivity contribution >= 4 is 44.8 Å². The Morgan fingerprint density at radius 3 is 2.71 bits per heavy atom. The van der Waals surface area contributed by atoms with E-state index in [1.807, 2.05) is 19.2 Å². The van der Waals surface area contributed by atoms with Gasteiger partial charge in [-0.1, -0.05) is 49.5 Å². The molecule has 3 rings (SSSR count). The van der Waals surface area contributed by atoms with Crippen LogP contribution in [0.3, 0.4) is 0 Å². The second-order valence-electron chi connectivity index (χ2n) is 7.46. The van der Waals surface area contributed by atoms with Gasteiger partial charge in [-0.3, -0.25) is 9.69 Å². The Balaban J connectivity index is 1.83. The number of aromatic amines is 1. The molecule has 7 heteroatoms. The van der Waals surface area contributed by atoms with Crippen molar-refractivity contribution in [2.45, 2.75) is 46.7 Å². The lowest BCUT2D eigenvalue weighted by molar-refractivity contribution is 0.311. The van der Waals surface area contributed by atoms with Gasteiger partial charge < -0.3 is 4.98 Å². The molecule has 0 aliphatic heterocycles. The van der Waals surface area contributed by atoms with E-state index in [1.165, 1.54) is 4.88 Å². The molecule has 0 radical (unpaired) electrons. The third-order valence-corrected chi connectivity index (χ3v) is 6.66. The van der Waals surface area contributed by atoms with E-state index in [0.717, 1.165) is 34.2 Å². The first-order chi connectivity index (χ1) is 13.3. The number of H-pyrrole nitrogens is 1. The molecule has 0 bridgehead atoms. The Kier molecular flexibility index (Phi) is 6.81. The van der Waals surface area contributed by atoms with Crippen LogP contribution >= 0.6 is 34.5 Å². The number of fused-ring (bicyclic) bond motifs is 1. The Morgan fingerprint density at radius 1 is 1.29 bits per heavy atom. The maximum atomic E-state index is 12.8. The molecule has 3 aromatic rings. The molecule has 150 valence electrons. The summed E-state index contributed by atoms with van der Waals surface area (Å²) in [6.45, 7) is 7.65. The summed E-state index contributed by atoms with van der Waals surface area (Å²) in [7, 11) is 1.98. The van der Waals surface area contributed by atoms with Gasteiger partial charge in [0, 0.05) is 21.5 Å². The second kappa shape index (κ2) is 8.95. The van der Waals surface area contributed by atoms with Crippen molar-refractivity contribution in [2.75, 3.05) is 7.05 Å². The monoisotopic (exact) mass is 437 g/mol. The third-order valence-electron chi connectivity index (χ3n) is 5.04. The largest absolute Gasteiger partial charge is 0.309 e. The Labute approximate surface area is 179 Å². The molecule has 0 unspecified atom stereocenters. The predicted molar refractivity (Wildman–Crippen MR) is 120 cm³/mol. The average Bonchev–Trinajstić information content (AvgIpc) is 2.93. The highest BCUT2D eigenvalue weighted by Gasteiger charge is 2.17. The highest BCUT2D eigenvalue weighted by Crippen LogP contribution is 2.29. The highest BCUT2D eigenvalue weighted by atomic mass is 35.5. The fraction of sp³-hybridized carbons (Fsp3) is 0.429. The predicted octanol–water partition coefficient (Wildman–Crippen LogP) is 5.82. The first-order valence-corrected chi connectivity index (χ1v) is 11.0. The lowest BCUT2D eigenvalue weighted by Gasteiger charge is -2.17. The zero-order chi connectivity index (χ0) is 20.4. The van der Waals surface area contributed by atoms with Gasteiger partial charge in [0.2, 0.25) is 0 Å². The van der Waals surface area contributed by atoms with Crippen LogP contribution in [-0.2, 0) is 19.5 Å². The van der Waals surface area contributed by atoms with E-state index >= 15 is 0 Å². The van der Waals surface area contributed by atoms with Crippen molar-refractivity contribution < 1.29 is 0 Å². The zero-order valence-corrected chi connectivity index (χ0v) is 18.9.